The second-order valence-corrected chi connectivity index (χ2v) is 4.02. The van der Waals surface area contributed by atoms with E-state index in [2.05, 4.69) is 4.90 Å². The van der Waals surface area contributed by atoms with Crippen LogP contribution in [0.3, 0.4) is 0 Å². The van der Waals surface area contributed by atoms with Gasteiger partial charge in [-0.2, -0.15) is 0 Å². The molecule has 1 aliphatic heterocycles. The second kappa shape index (κ2) is 6.35. The van der Waals surface area contributed by atoms with Crippen LogP contribution in [-0.2, 0) is 0 Å². The van der Waals surface area contributed by atoms with Crippen molar-refractivity contribution >= 4 is 0 Å². The lowest BCUT2D eigenvalue weighted by Gasteiger charge is -2.31. The molecule has 3 heteroatoms. The van der Waals surface area contributed by atoms with E-state index in [0.29, 0.717) is 0 Å². The smallest absolute Gasteiger partial charge is 0.00156 e. The van der Waals surface area contributed by atoms with E-state index in [1.807, 2.05) is 0 Å². The normalized spacial score (nSPS) is 20.8. The SMILES string of the molecule is NCCCCN1CCC(CN)CC1. The third kappa shape index (κ3) is 4.07. The molecule has 4 N–H and O–H groups in total. The first kappa shape index (κ1) is 11.0. The van der Waals surface area contributed by atoms with Gasteiger partial charge in [-0.1, -0.05) is 0 Å². The van der Waals surface area contributed by atoms with Crippen LogP contribution in [0.25, 0.3) is 0 Å². The molecule has 0 aromatic heterocycles. The summed E-state index contributed by atoms with van der Waals surface area (Å²) in [5.41, 5.74) is 11.1. The Balaban J connectivity index is 2.03. The first-order valence-electron chi connectivity index (χ1n) is 5.49. The maximum Gasteiger partial charge on any atom is -0.00156 e. The summed E-state index contributed by atoms with van der Waals surface area (Å²) >= 11 is 0. The summed E-state index contributed by atoms with van der Waals surface area (Å²) in [6.45, 7) is 5.42. The highest BCUT2D eigenvalue weighted by atomic mass is 15.1. The van der Waals surface area contributed by atoms with Crippen molar-refractivity contribution in [2.75, 3.05) is 32.7 Å². The molecule has 1 aliphatic rings. The van der Waals surface area contributed by atoms with Crippen molar-refractivity contribution in [3.8, 4) is 0 Å². The third-order valence-corrected chi connectivity index (χ3v) is 2.97. The summed E-state index contributed by atoms with van der Waals surface area (Å²) in [6.07, 6.45) is 5.00. The Labute approximate surface area is 81.5 Å². The summed E-state index contributed by atoms with van der Waals surface area (Å²) in [5, 5.41) is 0. The van der Waals surface area contributed by atoms with Gasteiger partial charge in [0.25, 0.3) is 0 Å². The molecular formula is C10H23N3. The van der Waals surface area contributed by atoms with Crippen molar-refractivity contribution in [3.63, 3.8) is 0 Å². The standard InChI is InChI=1S/C10H23N3/c11-5-1-2-6-13-7-3-10(9-12)4-8-13/h10H,1-9,11-12H2. The maximum atomic E-state index is 5.64. The van der Waals surface area contributed by atoms with Crippen LogP contribution in [0.2, 0.25) is 0 Å². The van der Waals surface area contributed by atoms with Crippen molar-refractivity contribution < 1.29 is 0 Å². The molecule has 78 valence electrons. The van der Waals surface area contributed by atoms with Gasteiger partial charge in [0.2, 0.25) is 0 Å². The molecule has 0 aromatic carbocycles. The van der Waals surface area contributed by atoms with Crippen molar-refractivity contribution in [1.29, 1.82) is 0 Å². The number of nitrogens with zero attached hydrogens (tertiary/aromatic N) is 1. The molecular weight excluding hydrogens is 162 g/mol. The molecule has 0 spiro atoms. The molecule has 0 bridgehead atoms. The molecule has 1 heterocycles. The van der Waals surface area contributed by atoms with E-state index >= 15 is 0 Å². The summed E-state index contributed by atoms with van der Waals surface area (Å²) < 4.78 is 0. The van der Waals surface area contributed by atoms with Gasteiger partial charge in [-0.3, -0.25) is 0 Å². The molecule has 0 amide bonds. The molecule has 1 saturated heterocycles. The molecule has 0 atom stereocenters. The Hall–Kier alpha value is -0.120. The lowest BCUT2D eigenvalue weighted by Crippen LogP contribution is -2.36. The van der Waals surface area contributed by atoms with Gasteiger partial charge in [0, 0.05) is 0 Å². The van der Waals surface area contributed by atoms with Crippen molar-refractivity contribution in [3.05, 3.63) is 0 Å². The molecule has 1 rings (SSSR count). The monoisotopic (exact) mass is 185 g/mol. The van der Waals surface area contributed by atoms with Gasteiger partial charge in [-0.15, -0.1) is 0 Å². The molecule has 0 radical (unpaired) electrons. The predicted molar refractivity (Wildman–Crippen MR) is 56.5 cm³/mol. The topological polar surface area (TPSA) is 55.3 Å². The zero-order valence-corrected chi connectivity index (χ0v) is 8.54. The Bertz CT molecular complexity index is 117. The van der Waals surface area contributed by atoms with Crippen LogP contribution in [-0.4, -0.2) is 37.6 Å². The highest BCUT2D eigenvalue weighted by Gasteiger charge is 2.16. The van der Waals surface area contributed by atoms with Crippen molar-refractivity contribution in [2.24, 2.45) is 17.4 Å². The largest absolute Gasteiger partial charge is 0.330 e. The first-order chi connectivity index (χ1) is 6.36. The quantitative estimate of drug-likeness (QED) is 0.609. The molecule has 0 aromatic rings. The molecule has 13 heavy (non-hydrogen) atoms. The van der Waals surface area contributed by atoms with E-state index in [-0.39, 0.29) is 0 Å². The van der Waals surface area contributed by atoms with Gasteiger partial charge in [0.1, 0.15) is 0 Å². The summed E-state index contributed by atoms with van der Waals surface area (Å²) in [7, 11) is 0. The number of nitrogens with two attached hydrogens (primary N) is 2. The zero-order valence-electron chi connectivity index (χ0n) is 8.54. The third-order valence-electron chi connectivity index (χ3n) is 2.97. The van der Waals surface area contributed by atoms with Crippen molar-refractivity contribution in [2.45, 2.75) is 25.7 Å². The lowest BCUT2D eigenvalue weighted by atomic mass is 9.97. The van der Waals surface area contributed by atoms with E-state index in [9.17, 15) is 0 Å². The number of likely N-dealkylation sites (tertiary alicyclic amines) is 1. The zero-order chi connectivity index (χ0) is 9.52. The van der Waals surface area contributed by atoms with Crippen LogP contribution in [0.4, 0.5) is 0 Å². The fourth-order valence-electron chi connectivity index (χ4n) is 1.93. The first-order valence-corrected chi connectivity index (χ1v) is 5.49. The number of hydrogen-bond donors (Lipinski definition) is 2. The van der Waals surface area contributed by atoms with Crippen LogP contribution in [0, 0.1) is 5.92 Å². The fourth-order valence-corrected chi connectivity index (χ4v) is 1.93. The maximum absolute atomic E-state index is 5.64. The summed E-state index contributed by atoms with van der Waals surface area (Å²) in [4.78, 5) is 2.54. The number of unbranched alkanes of at least 4 members (excludes halogenated alkanes) is 1. The minimum Gasteiger partial charge on any atom is -0.330 e. The van der Waals surface area contributed by atoms with Gasteiger partial charge >= 0.3 is 0 Å². The predicted octanol–water partition coefficient (Wildman–Crippen LogP) is 0.396. The van der Waals surface area contributed by atoms with Gasteiger partial charge in [0.05, 0.1) is 0 Å². The van der Waals surface area contributed by atoms with Gasteiger partial charge in [-0.25, -0.2) is 0 Å². The lowest BCUT2D eigenvalue weighted by molar-refractivity contribution is 0.185. The number of hydrogen-bond acceptors (Lipinski definition) is 3. The average Bonchev–Trinajstić information content (AvgIpc) is 2.19. The Morgan fingerprint density at radius 3 is 2.31 bits per heavy atom. The van der Waals surface area contributed by atoms with Gasteiger partial charge in [-0.05, 0) is 64.3 Å². The number of piperidine rings is 1. The minimum atomic E-state index is 0.783. The highest BCUT2D eigenvalue weighted by Crippen LogP contribution is 2.15. The van der Waals surface area contributed by atoms with Gasteiger partial charge in [0.15, 0.2) is 0 Å². The Kier molecular flexibility index (Phi) is 5.35. The summed E-state index contributed by atoms with van der Waals surface area (Å²) in [6, 6.07) is 0. The molecule has 0 aliphatic carbocycles. The molecule has 3 nitrogen and oxygen atoms in total. The Morgan fingerprint density at radius 1 is 1.08 bits per heavy atom. The Morgan fingerprint density at radius 2 is 1.77 bits per heavy atom. The van der Waals surface area contributed by atoms with E-state index in [0.717, 1.165) is 25.4 Å². The van der Waals surface area contributed by atoms with Crippen LogP contribution in [0.15, 0.2) is 0 Å². The van der Waals surface area contributed by atoms with E-state index in [1.165, 1.54) is 38.9 Å². The van der Waals surface area contributed by atoms with E-state index in [1.54, 1.807) is 0 Å². The van der Waals surface area contributed by atoms with E-state index in [4.69, 9.17) is 11.5 Å². The minimum absolute atomic E-state index is 0.783. The van der Waals surface area contributed by atoms with Crippen LogP contribution >= 0.6 is 0 Å². The van der Waals surface area contributed by atoms with Crippen LogP contribution in [0.5, 0.6) is 0 Å². The number of rotatable bonds is 5. The second-order valence-electron chi connectivity index (χ2n) is 4.02. The summed E-state index contributed by atoms with van der Waals surface area (Å²) in [5.74, 6) is 0.783. The van der Waals surface area contributed by atoms with Crippen LogP contribution in [0.1, 0.15) is 25.7 Å². The average molecular weight is 185 g/mol. The van der Waals surface area contributed by atoms with Crippen LogP contribution < -0.4 is 11.5 Å². The molecule has 1 fully saturated rings. The molecule has 0 unspecified atom stereocenters. The fraction of sp³-hybridized carbons (Fsp3) is 1.00. The molecule has 0 saturated carbocycles. The van der Waals surface area contributed by atoms with Gasteiger partial charge < -0.3 is 16.4 Å². The van der Waals surface area contributed by atoms with Crippen molar-refractivity contribution in [1.82, 2.24) is 4.90 Å². The van der Waals surface area contributed by atoms with E-state index < -0.39 is 0 Å². The highest BCUT2D eigenvalue weighted by molar-refractivity contribution is 4.72.